The predicted octanol–water partition coefficient (Wildman–Crippen LogP) is 4.04. The first-order valence-electron chi connectivity index (χ1n) is 9.16. The maximum absolute atomic E-state index is 13.1. The van der Waals surface area contributed by atoms with Crippen LogP contribution in [-0.2, 0) is 12.7 Å². The van der Waals surface area contributed by atoms with Crippen molar-refractivity contribution in [1.29, 1.82) is 0 Å². The van der Waals surface area contributed by atoms with E-state index in [4.69, 9.17) is 11.6 Å². The molecule has 5 rings (SSSR count). The molecule has 0 bridgehead atoms. The fourth-order valence-electron chi connectivity index (χ4n) is 3.39. The van der Waals surface area contributed by atoms with Crippen molar-refractivity contribution in [3.05, 3.63) is 63.7 Å². The molecule has 0 radical (unpaired) electrons. The van der Waals surface area contributed by atoms with E-state index in [0.29, 0.717) is 22.6 Å². The van der Waals surface area contributed by atoms with E-state index in [1.807, 2.05) is 0 Å². The molecule has 1 fully saturated rings. The number of halogens is 4. The van der Waals surface area contributed by atoms with Crippen LogP contribution in [0.15, 0.2) is 41.5 Å². The molecule has 0 saturated heterocycles. The van der Waals surface area contributed by atoms with Gasteiger partial charge in [0.1, 0.15) is 11.3 Å². The number of aromatic nitrogens is 6. The Labute approximate surface area is 172 Å². The number of hydrogen-bond donors (Lipinski definition) is 1. The van der Waals surface area contributed by atoms with Gasteiger partial charge in [-0.25, -0.2) is 14.8 Å². The minimum Gasteiger partial charge on any atom is -0.327 e. The van der Waals surface area contributed by atoms with E-state index < -0.39 is 11.9 Å². The van der Waals surface area contributed by atoms with Crippen LogP contribution in [0.1, 0.15) is 30.1 Å². The predicted molar refractivity (Wildman–Crippen MR) is 103 cm³/mol. The van der Waals surface area contributed by atoms with Crippen molar-refractivity contribution >= 4 is 22.8 Å². The van der Waals surface area contributed by atoms with Crippen LogP contribution in [0.5, 0.6) is 0 Å². The van der Waals surface area contributed by atoms with Gasteiger partial charge in [0.05, 0.1) is 12.7 Å². The molecule has 1 aliphatic carbocycles. The number of fused-ring (bicyclic) bond motifs is 1. The highest BCUT2D eigenvalue weighted by Crippen LogP contribution is 2.40. The molecule has 30 heavy (non-hydrogen) atoms. The summed E-state index contributed by atoms with van der Waals surface area (Å²) in [6.45, 7) is 0.220. The Balaban J connectivity index is 1.48. The largest absolute Gasteiger partial charge is 0.434 e. The Hall–Kier alpha value is -3.14. The molecule has 7 nitrogen and oxygen atoms in total. The SMILES string of the molecule is O=c1[nH]c2cnc(Cl)nc2n1Cc1ccc(-c2nc(C(F)(F)F)cn2C2CC2)cc1. The summed E-state index contributed by atoms with van der Waals surface area (Å²) in [5, 5.41) is 0.0259. The molecule has 1 aromatic carbocycles. The second-order valence-electron chi connectivity index (χ2n) is 7.18. The quantitative estimate of drug-likeness (QED) is 0.491. The second kappa shape index (κ2) is 6.69. The van der Waals surface area contributed by atoms with Gasteiger partial charge in [-0.05, 0) is 30.0 Å². The summed E-state index contributed by atoms with van der Waals surface area (Å²) in [5.74, 6) is 0.292. The summed E-state index contributed by atoms with van der Waals surface area (Å²) in [4.78, 5) is 26.7. The zero-order valence-electron chi connectivity index (χ0n) is 15.3. The van der Waals surface area contributed by atoms with Crippen molar-refractivity contribution in [2.24, 2.45) is 0 Å². The third kappa shape index (κ3) is 3.36. The molecule has 0 spiro atoms. The first-order valence-corrected chi connectivity index (χ1v) is 9.54. The summed E-state index contributed by atoms with van der Waals surface area (Å²) in [6, 6.07) is 6.97. The van der Waals surface area contributed by atoms with E-state index in [-0.39, 0.29) is 23.6 Å². The van der Waals surface area contributed by atoms with Crippen LogP contribution in [0.25, 0.3) is 22.6 Å². The lowest BCUT2D eigenvalue weighted by Gasteiger charge is -2.08. The lowest BCUT2D eigenvalue weighted by atomic mass is 10.1. The average molecular weight is 435 g/mol. The van der Waals surface area contributed by atoms with Crippen molar-refractivity contribution < 1.29 is 13.2 Å². The van der Waals surface area contributed by atoms with Gasteiger partial charge in [-0.2, -0.15) is 18.2 Å². The zero-order chi connectivity index (χ0) is 21.0. The van der Waals surface area contributed by atoms with Crippen molar-refractivity contribution in [3.8, 4) is 11.4 Å². The summed E-state index contributed by atoms with van der Waals surface area (Å²) in [5.41, 5.74) is 0.949. The molecule has 0 amide bonds. The number of alkyl halides is 3. The number of H-pyrrole nitrogens is 1. The minimum atomic E-state index is -4.49. The van der Waals surface area contributed by atoms with Crippen LogP contribution in [0.4, 0.5) is 13.2 Å². The van der Waals surface area contributed by atoms with Crippen molar-refractivity contribution in [2.75, 3.05) is 0 Å². The van der Waals surface area contributed by atoms with Gasteiger partial charge in [-0.3, -0.25) is 4.57 Å². The molecule has 11 heteroatoms. The molecule has 0 atom stereocenters. The van der Waals surface area contributed by atoms with E-state index >= 15 is 0 Å². The lowest BCUT2D eigenvalue weighted by molar-refractivity contribution is -0.140. The first kappa shape index (κ1) is 18.9. The maximum atomic E-state index is 13.1. The number of nitrogens with zero attached hydrogens (tertiary/aromatic N) is 5. The van der Waals surface area contributed by atoms with E-state index in [9.17, 15) is 18.0 Å². The van der Waals surface area contributed by atoms with Crippen LogP contribution >= 0.6 is 11.6 Å². The summed E-state index contributed by atoms with van der Waals surface area (Å²) in [6.07, 6.45) is -0.300. The van der Waals surface area contributed by atoms with E-state index in [2.05, 4.69) is 19.9 Å². The standard InChI is InChI=1S/C19H14ClF3N6O/c20-17-24-7-13-16(27-17)29(18(30)25-13)8-10-1-3-11(4-2-10)15-26-14(19(21,22)23)9-28(15)12-5-6-12/h1-4,7,9,12H,5-6,8H2,(H,25,30). The van der Waals surface area contributed by atoms with Crippen molar-refractivity contribution in [2.45, 2.75) is 31.6 Å². The number of imidazole rings is 2. The minimum absolute atomic E-state index is 0.0259. The highest BCUT2D eigenvalue weighted by molar-refractivity contribution is 6.28. The highest BCUT2D eigenvalue weighted by Gasteiger charge is 2.37. The van der Waals surface area contributed by atoms with Gasteiger partial charge in [-0.1, -0.05) is 24.3 Å². The molecule has 1 aliphatic rings. The van der Waals surface area contributed by atoms with E-state index in [0.717, 1.165) is 24.6 Å². The Kier molecular flexibility index (Phi) is 4.21. The van der Waals surface area contributed by atoms with Crippen molar-refractivity contribution in [3.63, 3.8) is 0 Å². The van der Waals surface area contributed by atoms with Gasteiger partial charge < -0.3 is 9.55 Å². The van der Waals surface area contributed by atoms with Crippen LogP contribution in [-0.4, -0.2) is 29.1 Å². The van der Waals surface area contributed by atoms with Gasteiger partial charge in [-0.15, -0.1) is 0 Å². The molecular weight excluding hydrogens is 421 g/mol. The molecule has 0 unspecified atom stereocenters. The number of nitrogens with one attached hydrogen (secondary N) is 1. The molecule has 3 aromatic heterocycles. The number of benzene rings is 1. The Morgan fingerprint density at radius 1 is 1.17 bits per heavy atom. The van der Waals surface area contributed by atoms with E-state index in [1.165, 1.54) is 10.8 Å². The van der Waals surface area contributed by atoms with Crippen LogP contribution in [0, 0.1) is 0 Å². The summed E-state index contributed by atoms with van der Waals surface area (Å²) in [7, 11) is 0. The Morgan fingerprint density at radius 2 is 1.90 bits per heavy atom. The zero-order valence-corrected chi connectivity index (χ0v) is 16.1. The number of hydrogen-bond acceptors (Lipinski definition) is 4. The normalized spacial score (nSPS) is 14.5. The van der Waals surface area contributed by atoms with Gasteiger partial charge in [0.15, 0.2) is 11.3 Å². The number of rotatable bonds is 4. The smallest absolute Gasteiger partial charge is 0.327 e. The topological polar surface area (TPSA) is 81.4 Å². The fourth-order valence-corrected chi connectivity index (χ4v) is 3.52. The number of aromatic amines is 1. The molecular formula is C19H14ClF3N6O. The second-order valence-corrected chi connectivity index (χ2v) is 7.51. The maximum Gasteiger partial charge on any atom is 0.434 e. The average Bonchev–Trinajstić information content (AvgIpc) is 3.37. The Morgan fingerprint density at radius 3 is 2.57 bits per heavy atom. The molecule has 4 aromatic rings. The third-order valence-corrected chi connectivity index (χ3v) is 5.18. The lowest BCUT2D eigenvalue weighted by Crippen LogP contribution is -2.17. The molecule has 154 valence electrons. The van der Waals surface area contributed by atoms with Gasteiger partial charge in [0.2, 0.25) is 5.28 Å². The van der Waals surface area contributed by atoms with Crippen LogP contribution in [0.2, 0.25) is 5.28 Å². The Bertz CT molecular complexity index is 1300. The highest BCUT2D eigenvalue weighted by atomic mass is 35.5. The molecule has 1 saturated carbocycles. The summed E-state index contributed by atoms with van der Waals surface area (Å²) >= 11 is 5.83. The van der Waals surface area contributed by atoms with Crippen molar-refractivity contribution in [1.82, 2.24) is 29.1 Å². The monoisotopic (exact) mass is 434 g/mol. The molecule has 3 heterocycles. The third-order valence-electron chi connectivity index (χ3n) is 5.00. The van der Waals surface area contributed by atoms with Crippen LogP contribution in [0.3, 0.4) is 0 Å². The molecule has 0 aliphatic heterocycles. The first-order chi connectivity index (χ1) is 14.3. The van der Waals surface area contributed by atoms with Crippen LogP contribution < -0.4 is 5.69 Å². The van der Waals surface area contributed by atoms with Gasteiger partial charge in [0, 0.05) is 17.8 Å². The van der Waals surface area contributed by atoms with Gasteiger partial charge >= 0.3 is 11.9 Å². The molecule has 1 N–H and O–H groups in total. The van der Waals surface area contributed by atoms with E-state index in [1.54, 1.807) is 28.8 Å². The van der Waals surface area contributed by atoms with Gasteiger partial charge in [0.25, 0.3) is 0 Å². The fraction of sp³-hybridized carbons (Fsp3) is 0.263. The summed E-state index contributed by atoms with van der Waals surface area (Å²) < 4.78 is 42.4.